The average molecular weight is 193 g/mol. The first kappa shape index (κ1) is 10.9. The highest BCUT2D eigenvalue weighted by Gasteiger charge is 2.60. The number of carbonyl (C=O) groups excluding carboxylic acids is 2. The summed E-state index contributed by atoms with van der Waals surface area (Å²) in [5, 5.41) is 0. The predicted molar refractivity (Wildman–Crippen MR) is 53.3 cm³/mol. The summed E-state index contributed by atoms with van der Waals surface area (Å²) in [7, 11) is 0. The number of isocyanates is 1. The standard InChI is InChI=1S/C11H15NO2/c1-7(2)5-8-9(11(8,3)4)10(14)12-6-13/h5,8-9H,1-4H3. The molecule has 0 aromatic rings. The molecule has 0 aromatic carbocycles. The van der Waals surface area contributed by atoms with Crippen LogP contribution in [0.1, 0.15) is 27.7 Å². The fraction of sp³-hybridized carbons (Fsp3) is 0.636. The van der Waals surface area contributed by atoms with E-state index in [1.807, 2.05) is 27.7 Å². The topological polar surface area (TPSA) is 46.5 Å². The maximum Gasteiger partial charge on any atom is 0.260 e. The molecule has 0 heterocycles. The van der Waals surface area contributed by atoms with Gasteiger partial charge in [0.1, 0.15) is 0 Å². The van der Waals surface area contributed by atoms with Gasteiger partial charge in [0.25, 0.3) is 5.91 Å². The summed E-state index contributed by atoms with van der Waals surface area (Å²) in [6, 6.07) is 0. The summed E-state index contributed by atoms with van der Waals surface area (Å²) in [5.41, 5.74) is 1.13. The first-order valence-electron chi connectivity index (χ1n) is 4.68. The molecule has 3 heteroatoms. The Bertz CT molecular complexity index is 331. The molecule has 0 aliphatic heterocycles. The van der Waals surface area contributed by atoms with Gasteiger partial charge in [-0.25, -0.2) is 4.79 Å². The lowest BCUT2D eigenvalue weighted by atomic mass is 10.1. The predicted octanol–water partition coefficient (Wildman–Crippen LogP) is 2.09. The van der Waals surface area contributed by atoms with Crippen molar-refractivity contribution in [3.8, 4) is 0 Å². The second-order valence-corrected chi connectivity index (χ2v) is 4.61. The second kappa shape index (κ2) is 3.50. The molecule has 1 amide bonds. The molecule has 14 heavy (non-hydrogen) atoms. The summed E-state index contributed by atoms with van der Waals surface area (Å²) in [6.45, 7) is 8.03. The number of carbonyl (C=O) groups is 1. The zero-order chi connectivity index (χ0) is 10.9. The van der Waals surface area contributed by atoms with Gasteiger partial charge in [0.15, 0.2) is 0 Å². The zero-order valence-electron chi connectivity index (χ0n) is 9.00. The van der Waals surface area contributed by atoms with Crippen molar-refractivity contribution in [2.75, 3.05) is 0 Å². The molecule has 0 aromatic heterocycles. The molecule has 0 spiro atoms. The van der Waals surface area contributed by atoms with Crippen LogP contribution in [0.2, 0.25) is 0 Å². The van der Waals surface area contributed by atoms with Crippen LogP contribution in [-0.2, 0) is 9.59 Å². The highest BCUT2D eigenvalue weighted by molar-refractivity contribution is 5.87. The SMILES string of the molecule is CC(C)=CC1C(C(=O)N=C=O)C1(C)C. The Hall–Kier alpha value is -1.21. The monoisotopic (exact) mass is 193 g/mol. The van der Waals surface area contributed by atoms with E-state index in [1.54, 1.807) is 0 Å². The third-order valence-electron chi connectivity index (χ3n) is 2.85. The molecule has 0 saturated heterocycles. The lowest BCUT2D eigenvalue weighted by Gasteiger charge is -1.97. The smallest absolute Gasteiger partial charge is 0.260 e. The van der Waals surface area contributed by atoms with Gasteiger partial charge in [-0.1, -0.05) is 25.5 Å². The fourth-order valence-corrected chi connectivity index (χ4v) is 1.93. The van der Waals surface area contributed by atoms with Gasteiger partial charge in [0.05, 0.1) is 5.92 Å². The highest BCUT2D eigenvalue weighted by Crippen LogP contribution is 2.59. The molecule has 3 nitrogen and oxygen atoms in total. The molecule has 0 radical (unpaired) electrons. The van der Waals surface area contributed by atoms with Crippen molar-refractivity contribution in [3.05, 3.63) is 11.6 Å². The molecule has 1 fully saturated rings. The van der Waals surface area contributed by atoms with Gasteiger partial charge in [0.2, 0.25) is 6.08 Å². The van der Waals surface area contributed by atoms with E-state index in [0.29, 0.717) is 0 Å². The number of nitrogens with zero attached hydrogens (tertiary/aromatic N) is 1. The van der Waals surface area contributed by atoms with Gasteiger partial charge < -0.3 is 0 Å². The van der Waals surface area contributed by atoms with Crippen LogP contribution < -0.4 is 0 Å². The van der Waals surface area contributed by atoms with Crippen molar-refractivity contribution in [2.45, 2.75) is 27.7 Å². The van der Waals surface area contributed by atoms with Crippen LogP contribution in [-0.4, -0.2) is 12.0 Å². The first-order chi connectivity index (χ1) is 6.41. The number of aliphatic imine (C=N–C) groups is 1. The van der Waals surface area contributed by atoms with E-state index in [0.717, 1.165) is 0 Å². The Morgan fingerprint density at radius 3 is 2.43 bits per heavy atom. The molecule has 0 N–H and O–H groups in total. The van der Waals surface area contributed by atoms with Gasteiger partial charge in [-0.2, -0.15) is 0 Å². The third kappa shape index (κ3) is 1.83. The van der Waals surface area contributed by atoms with Crippen LogP contribution in [0.5, 0.6) is 0 Å². The van der Waals surface area contributed by atoms with E-state index >= 15 is 0 Å². The molecule has 2 unspecified atom stereocenters. The zero-order valence-corrected chi connectivity index (χ0v) is 9.00. The van der Waals surface area contributed by atoms with Crippen molar-refractivity contribution in [1.29, 1.82) is 0 Å². The van der Waals surface area contributed by atoms with Crippen LogP contribution in [0, 0.1) is 17.3 Å². The summed E-state index contributed by atoms with van der Waals surface area (Å²) in [4.78, 5) is 24.5. The number of allylic oxidation sites excluding steroid dienone is 2. The molecule has 1 saturated carbocycles. The van der Waals surface area contributed by atoms with Crippen LogP contribution >= 0.6 is 0 Å². The lowest BCUT2D eigenvalue weighted by molar-refractivity contribution is -0.119. The quantitative estimate of drug-likeness (QED) is 0.383. The van der Waals surface area contributed by atoms with E-state index < -0.39 is 0 Å². The summed E-state index contributed by atoms with van der Waals surface area (Å²) in [6.07, 6.45) is 3.38. The van der Waals surface area contributed by atoms with E-state index in [9.17, 15) is 9.59 Å². The molecule has 76 valence electrons. The van der Waals surface area contributed by atoms with Gasteiger partial charge in [0, 0.05) is 0 Å². The summed E-state index contributed by atoms with van der Waals surface area (Å²) in [5.74, 6) is -0.261. The van der Waals surface area contributed by atoms with E-state index in [1.165, 1.54) is 11.7 Å². The minimum absolute atomic E-state index is 0.0608. The molecular weight excluding hydrogens is 178 g/mol. The highest BCUT2D eigenvalue weighted by atomic mass is 16.2. The number of amides is 1. The minimum Gasteiger partial charge on any atom is -0.271 e. The lowest BCUT2D eigenvalue weighted by Crippen LogP contribution is -2.01. The van der Waals surface area contributed by atoms with Gasteiger partial charge in [-0.3, -0.25) is 4.79 Å². The molecule has 0 bridgehead atoms. The third-order valence-corrected chi connectivity index (χ3v) is 2.85. The Balaban J connectivity index is 2.81. The summed E-state index contributed by atoms with van der Waals surface area (Å²) >= 11 is 0. The Labute approximate surface area is 83.9 Å². The van der Waals surface area contributed by atoms with Crippen LogP contribution in [0.15, 0.2) is 16.6 Å². The minimum atomic E-state index is -0.340. The Morgan fingerprint density at radius 1 is 1.43 bits per heavy atom. The fourth-order valence-electron chi connectivity index (χ4n) is 1.93. The largest absolute Gasteiger partial charge is 0.271 e. The Morgan fingerprint density at radius 2 is 2.00 bits per heavy atom. The van der Waals surface area contributed by atoms with Crippen LogP contribution in [0.3, 0.4) is 0 Å². The van der Waals surface area contributed by atoms with Crippen LogP contribution in [0.25, 0.3) is 0 Å². The van der Waals surface area contributed by atoms with E-state index in [2.05, 4.69) is 11.1 Å². The molecule has 1 rings (SSSR count). The van der Waals surface area contributed by atoms with E-state index in [4.69, 9.17) is 0 Å². The second-order valence-electron chi connectivity index (χ2n) is 4.61. The van der Waals surface area contributed by atoms with Gasteiger partial charge in [-0.05, 0) is 25.2 Å². The van der Waals surface area contributed by atoms with Gasteiger partial charge >= 0.3 is 0 Å². The number of hydrogen-bond acceptors (Lipinski definition) is 2. The average Bonchev–Trinajstić information content (AvgIpc) is 2.52. The molecular formula is C11H15NO2. The van der Waals surface area contributed by atoms with Crippen molar-refractivity contribution in [1.82, 2.24) is 0 Å². The maximum absolute atomic E-state index is 11.4. The summed E-state index contributed by atoms with van der Waals surface area (Å²) < 4.78 is 0. The van der Waals surface area contributed by atoms with E-state index in [-0.39, 0.29) is 23.2 Å². The molecule has 2 atom stereocenters. The van der Waals surface area contributed by atoms with Gasteiger partial charge in [-0.15, -0.1) is 4.99 Å². The van der Waals surface area contributed by atoms with Crippen LogP contribution in [0.4, 0.5) is 0 Å². The van der Waals surface area contributed by atoms with Crippen molar-refractivity contribution < 1.29 is 9.59 Å². The molecule has 1 aliphatic carbocycles. The van der Waals surface area contributed by atoms with Crippen molar-refractivity contribution in [3.63, 3.8) is 0 Å². The molecule has 1 aliphatic rings. The maximum atomic E-state index is 11.4. The first-order valence-corrected chi connectivity index (χ1v) is 4.68. The Kier molecular flexibility index (Phi) is 2.72. The van der Waals surface area contributed by atoms with Crippen molar-refractivity contribution >= 4 is 12.0 Å². The normalized spacial score (nSPS) is 27.4. The number of hydrogen-bond donors (Lipinski definition) is 0. The van der Waals surface area contributed by atoms with Crippen molar-refractivity contribution in [2.24, 2.45) is 22.2 Å². The number of rotatable bonds is 2.